The van der Waals surface area contributed by atoms with Gasteiger partial charge in [0, 0.05) is 31.7 Å². The molecular formula is C23H18F3N7O2. The van der Waals surface area contributed by atoms with E-state index in [1.165, 1.54) is 36.7 Å². The van der Waals surface area contributed by atoms with Gasteiger partial charge in [-0.2, -0.15) is 23.3 Å². The van der Waals surface area contributed by atoms with E-state index in [9.17, 15) is 18.0 Å². The fourth-order valence-corrected chi connectivity index (χ4v) is 2.99. The molecule has 0 radical (unpaired) electrons. The summed E-state index contributed by atoms with van der Waals surface area (Å²) >= 11 is 0. The minimum Gasteiger partial charge on any atom is -0.438 e. The normalized spacial score (nSPS) is 11.1. The minimum absolute atomic E-state index is 0.0679. The van der Waals surface area contributed by atoms with Gasteiger partial charge in [0.05, 0.1) is 23.0 Å². The van der Waals surface area contributed by atoms with Gasteiger partial charge in [0.2, 0.25) is 17.7 Å². The van der Waals surface area contributed by atoms with Crippen LogP contribution in [0.15, 0.2) is 73.8 Å². The summed E-state index contributed by atoms with van der Waals surface area (Å²) in [6.45, 7) is 3.39. The number of hydrogen-bond acceptors (Lipinski definition) is 7. The second kappa shape index (κ2) is 9.63. The van der Waals surface area contributed by atoms with Gasteiger partial charge in [-0.3, -0.25) is 9.48 Å². The fourth-order valence-electron chi connectivity index (χ4n) is 2.99. The quantitative estimate of drug-likeness (QED) is 0.360. The number of carbonyl (C=O) groups is 1. The number of amides is 1. The fraction of sp³-hybridized carbons (Fsp3) is 0.0870. The van der Waals surface area contributed by atoms with Crippen molar-refractivity contribution in [2.24, 2.45) is 7.05 Å². The number of aryl methyl sites for hydroxylation is 1. The molecule has 35 heavy (non-hydrogen) atoms. The van der Waals surface area contributed by atoms with Crippen molar-refractivity contribution in [1.29, 1.82) is 0 Å². The Morgan fingerprint density at radius 1 is 1.14 bits per heavy atom. The topological polar surface area (TPSA) is 107 Å². The van der Waals surface area contributed by atoms with Gasteiger partial charge in [0.25, 0.3) is 0 Å². The summed E-state index contributed by atoms with van der Waals surface area (Å²) in [5, 5.41) is 9.57. The number of aromatic nitrogens is 5. The number of nitrogens with zero attached hydrogens (tertiary/aromatic N) is 5. The van der Waals surface area contributed by atoms with Crippen LogP contribution in [0.2, 0.25) is 0 Å². The predicted molar refractivity (Wildman–Crippen MR) is 122 cm³/mol. The van der Waals surface area contributed by atoms with Gasteiger partial charge < -0.3 is 15.4 Å². The number of hydrogen-bond donors (Lipinski definition) is 2. The molecule has 0 aliphatic carbocycles. The highest BCUT2D eigenvalue weighted by molar-refractivity contribution is 5.98. The van der Waals surface area contributed by atoms with Crippen LogP contribution in [0.4, 0.5) is 30.6 Å². The summed E-state index contributed by atoms with van der Waals surface area (Å²) in [6.07, 6.45) is 2.77. The van der Waals surface area contributed by atoms with E-state index in [1.807, 2.05) is 0 Å². The zero-order valence-electron chi connectivity index (χ0n) is 18.2. The zero-order valence-corrected chi connectivity index (χ0v) is 18.2. The highest BCUT2D eigenvalue weighted by atomic mass is 19.4. The Morgan fingerprint density at radius 3 is 2.57 bits per heavy atom. The standard InChI is InChI=1S/C23H18F3N7O2/c1-3-20(34)31-19-10-17(8-9-27-19)35-21-18(14-4-6-15(7-5-14)23(24,25)26)12-28-22(32-21)30-16-11-29-33(2)13-16/h3-13H,1H2,2H3,(H,27,31,34)(H,28,30,32). The van der Waals surface area contributed by atoms with E-state index in [2.05, 4.69) is 37.3 Å². The van der Waals surface area contributed by atoms with Crippen molar-refractivity contribution in [3.8, 4) is 22.8 Å². The summed E-state index contributed by atoms with van der Waals surface area (Å²) < 4.78 is 46.5. The molecule has 0 aliphatic heterocycles. The third-order valence-electron chi connectivity index (χ3n) is 4.62. The van der Waals surface area contributed by atoms with Gasteiger partial charge in [0.15, 0.2) is 0 Å². The van der Waals surface area contributed by atoms with E-state index < -0.39 is 17.6 Å². The number of carbonyl (C=O) groups excluding carboxylic acids is 1. The van der Waals surface area contributed by atoms with Gasteiger partial charge in [-0.25, -0.2) is 9.97 Å². The maximum Gasteiger partial charge on any atom is 0.416 e. The molecule has 4 rings (SSSR count). The molecule has 0 fully saturated rings. The van der Waals surface area contributed by atoms with Gasteiger partial charge >= 0.3 is 6.18 Å². The van der Waals surface area contributed by atoms with E-state index in [4.69, 9.17) is 4.74 Å². The number of benzene rings is 1. The molecule has 0 atom stereocenters. The Kier molecular flexibility index (Phi) is 6.44. The first-order valence-electron chi connectivity index (χ1n) is 10.1. The number of anilines is 3. The highest BCUT2D eigenvalue weighted by Crippen LogP contribution is 2.35. The van der Waals surface area contributed by atoms with Gasteiger partial charge in [-0.15, -0.1) is 0 Å². The molecule has 9 nitrogen and oxygen atoms in total. The smallest absolute Gasteiger partial charge is 0.416 e. The first kappa shape index (κ1) is 23.4. The molecule has 3 heterocycles. The molecule has 4 aromatic rings. The molecule has 1 amide bonds. The Morgan fingerprint density at radius 2 is 1.91 bits per heavy atom. The highest BCUT2D eigenvalue weighted by Gasteiger charge is 2.30. The molecule has 0 unspecified atom stereocenters. The lowest BCUT2D eigenvalue weighted by Crippen LogP contribution is -2.08. The first-order chi connectivity index (χ1) is 16.7. The third kappa shape index (κ3) is 5.79. The van der Waals surface area contributed by atoms with Crippen molar-refractivity contribution < 1.29 is 22.7 Å². The van der Waals surface area contributed by atoms with Crippen LogP contribution in [-0.4, -0.2) is 30.6 Å². The summed E-state index contributed by atoms with van der Waals surface area (Å²) in [6, 6.07) is 7.56. The van der Waals surface area contributed by atoms with Gasteiger partial charge in [0.1, 0.15) is 11.6 Å². The van der Waals surface area contributed by atoms with E-state index in [0.717, 1.165) is 18.2 Å². The molecule has 0 spiro atoms. The molecule has 0 saturated carbocycles. The third-order valence-corrected chi connectivity index (χ3v) is 4.62. The largest absolute Gasteiger partial charge is 0.438 e. The van der Waals surface area contributed by atoms with E-state index >= 15 is 0 Å². The molecule has 12 heteroatoms. The van der Waals surface area contributed by atoms with Crippen molar-refractivity contribution in [3.63, 3.8) is 0 Å². The summed E-state index contributed by atoms with van der Waals surface area (Å²) in [7, 11) is 1.75. The Hall–Kier alpha value is -4.74. The molecule has 3 aromatic heterocycles. The Balaban J connectivity index is 1.70. The zero-order chi connectivity index (χ0) is 25.0. The van der Waals surface area contributed by atoms with Crippen LogP contribution in [0.3, 0.4) is 0 Å². The number of halogens is 3. The maximum absolute atomic E-state index is 13.0. The molecule has 0 saturated heterocycles. The number of ether oxygens (including phenoxy) is 1. The van der Waals surface area contributed by atoms with E-state index in [-0.39, 0.29) is 23.4 Å². The minimum atomic E-state index is -4.46. The SMILES string of the molecule is C=CC(=O)Nc1cc(Oc2nc(Nc3cnn(C)c3)ncc2-c2ccc(C(F)(F)F)cc2)ccn1. The first-order valence-corrected chi connectivity index (χ1v) is 10.1. The summed E-state index contributed by atoms with van der Waals surface area (Å²) in [4.78, 5) is 24.3. The Bertz CT molecular complexity index is 1370. The summed E-state index contributed by atoms with van der Waals surface area (Å²) in [5.74, 6) is 0.283. The maximum atomic E-state index is 13.0. The van der Waals surface area contributed by atoms with Crippen LogP contribution < -0.4 is 15.4 Å². The van der Waals surface area contributed by atoms with Crippen molar-refractivity contribution >= 4 is 23.4 Å². The molecular weight excluding hydrogens is 463 g/mol. The van der Waals surface area contributed by atoms with Crippen molar-refractivity contribution in [2.75, 3.05) is 10.6 Å². The van der Waals surface area contributed by atoms with Crippen LogP contribution in [-0.2, 0) is 18.0 Å². The van der Waals surface area contributed by atoms with Crippen LogP contribution in [0.1, 0.15) is 5.56 Å². The van der Waals surface area contributed by atoms with Crippen molar-refractivity contribution in [3.05, 3.63) is 79.4 Å². The van der Waals surface area contributed by atoms with Crippen LogP contribution >= 0.6 is 0 Å². The van der Waals surface area contributed by atoms with Gasteiger partial charge in [-0.05, 0) is 29.8 Å². The van der Waals surface area contributed by atoms with Crippen molar-refractivity contribution in [1.82, 2.24) is 24.7 Å². The van der Waals surface area contributed by atoms with Gasteiger partial charge in [-0.1, -0.05) is 18.7 Å². The molecule has 0 aliphatic rings. The molecule has 2 N–H and O–H groups in total. The molecule has 178 valence electrons. The van der Waals surface area contributed by atoms with Crippen LogP contribution in [0, 0.1) is 0 Å². The van der Waals surface area contributed by atoms with Crippen molar-refractivity contribution in [2.45, 2.75) is 6.18 Å². The lowest BCUT2D eigenvalue weighted by molar-refractivity contribution is -0.137. The second-order valence-corrected chi connectivity index (χ2v) is 7.19. The number of alkyl halides is 3. The second-order valence-electron chi connectivity index (χ2n) is 7.19. The number of rotatable bonds is 7. The monoisotopic (exact) mass is 481 g/mol. The lowest BCUT2D eigenvalue weighted by Gasteiger charge is -2.13. The average molecular weight is 481 g/mol. The average Bonchev–Trinajstić information content (AvgIpc) is 3.23. The molecule has 1 aromatic carbocycles. The lowest BCUT2D eigenvalue weighted by atomic mass is 10.1. The predicted octanol–water partition coefficient (Wildman–Crippen LogP) is 4.95. The van der Waals surface area contributed by atoms with E-state index in [1.54, 1.807) is 24.1 Å². The Labute approximate surface area is 197 Å². The number of nitrogens with one attached hydrogen (secondary N) is 2. The number of pyridine rings is 1. The summed E-state index contributed by atoms with van der Waals surface area (Å²) in [5.41, 5.74) is 0.606. The van der Waals surface area contributed by atoms with Crippen LogP contribution in [0.25, 0.3) is 11.1 Å². The molecule has 0 bridgehead atoms. The van der Waals surface area contributed by atoms with Crippen LogP contribution in [0.5, 0.6) is 11.6 Å². The van der Waals surface area contributed by atoms with E-state index in [0.29, 0.717) is 16.8 Å².